The summed E-state index contributed by atoms with van der Waals surface area (Å²) in [5.74, 6) is -7.93. The number of Topliss-reactive ketones (excluding diaryl/α,β-unsaturated/α-hetero) is 2. The van der Waals surface area contributed by atoms with Crippen molar-refractivity contribution in [2.45, 2.75) is 146 Å². The first kappa shape index (κ1) is 49.0. The summed E-state index contributed by atoms with van der Waals surface area (Å²) in [7, 11) is 2.38. The lowest BCUT2D eigenvalue weighted by molar-refractivity contribution is -0.299. The van der Waals surface area contributed by atoms with E-state index in [0.717, 1.165) is 0 Å². The van der Waals surface area contributed by atoms with Gasteiger partial charge in [-0.1, -0.05) is 0 Å². The molecule has 4 unspecified atom stereocenters. The second kappa shape index (κ2) is 20.7. The van der Waals surface area contributed by atoms with Crippen LogP contribution in [0.25, 0.3) is 10.8 Å². The number of carboxylic acid groups (broad SMARTS) is 2. The van der Waals surface area contributed by atoms with E-state index in [1.165, 1.54) is 47.1 Å². The summed E-state index contributed by atoms with van der Waals surface area (Å²) in [6.45, 7) is 5.83. The number of fused-ring (bicyclic) bond motifs is 2. The summed E-state index contributed by atoms with van der Waals surface area (Å²) < 4.78 is 45.5. The van der Waals surface area contributed by atoms with Gasteiger partial charge in [-0.25, -0.2) is 0 Å². The number of aliphatic hydroxyl groups is 3. The van der Waals surface area contributed by atoms with Crippen LogP contribution in [0.15, 0.2) is 12.1 Å². The van der Waals surface area contributed by atoms with Crippen LogP contribution >= 0.6 is 0 Å². The van der Waals surface area contributed by atoms with Crippen molar-refractivity contribution < 1.29 is 102 Å². The molecule has 2 fully saturated rings. The van der Waals surface area contributed by atoms with Crippen molar-refractivity contribution >= 4 is 46.2 Å². The van der Waals surface area contributed by atoms with E-state index in [2.05, 4.69) is 0 Å². The van der Waals surface area contributed by atoms with E-state index in [4.69, 9.17) is 48.1 Å². The van der Waals surface area contributed by atoms with Crippen molar-refractivity contribution in [3.63, 3.8) is 0 Å². The van der Waals surface area contributed by atoms with Crippen LogP contribution in [-0.2, 0) is 63.6 Å². The highest BCUT2D eigenvalue weighted by molar-refractivity contribution is 6.11. The van der Waals surface area contributed by atoms with Crippen LogP contribution in [0, 0.1) is 12.8 Å². The van der Waals surface area contributed by atoms with Crippen LogP contribution in [-0.4, -0.2) is 159 Å². The molecule has 0 amide bonds. The number of phenolic OH excluding ortho intramolecular Hbond substituents is 2. The number of phenols is 2. The molecule has 7 N–H and O–H groups in total. The van der Waals surface area contributed by atoms with E-state index in [9.17, 15) is 54.3 Å². The molecule has 348 valence electrons. The van der Waals surface area contributed by atoms with Crippen molar-refractivity contribution in [3.05, 3.63) is 28.8 Å². The van der Waals surface area contributed by atoms with Crippen molar-refractivity contribution in [3.8, 4) is 17.2 Å². The third-order valence-electron chi connectivity index (χ3n) is 11.5. The lowest BCUT2D eigenvalue weighted by Gasteiger charge is -2.42. The van der Waals surface area contributed by atoms with E-state index in [-0.39, 0.29) is 52.5 Å². The molecule has 13 atom stereocenters. The monoisotopic (exact) mass is 894 g/mol. The largest absolute Gasteiger partial charge is 0.507 e. The summed E-state index contributed by atoms with van der Waals surface area (Å²) in [5, 5.41) is 73.4. The van der Waals surface area contributed by atoms with Gasteiger partial charge in [0.1, 0.15) is 53.9 Å². The minimum absolute atomic E-state index is 0.0825. The van der Waals surface area contributed by atoms with Gasteiger partial charge in [0.05, 0.1) is 54.9 Å². The zero-order valence-corrected chi connectivity index (χ0v) is 35.5. The van der Waals surface area contributed by atoms with Gasteiger partial charge in [0.25, 0.3) is 0 Å². The number of carboxylic acids is 2. The molecule has 21 nitrogen and oxygen atoms in total. The van der Waals surface area contributed by atoms with E-state index in [1.54, 1.807) is 6.92 Å². The Kier molecular flexibility index (Phi) is 16.1. The average molecular weight is 895 g/mol. The maximum atomic E-state index is 14.0. The highest BCUT2D eigenvalue weighted by atomic mass is 16.7. The maximum Gasteiger partial charge on any atom is 0.306 e. The lowest BCUT2D eigenvalue weighted by Crippen LogP contribution is -2.54. The molecule has 21 heteroatoms. The van der Waals surface area contributed by atoms with Crippen LogP contribution in [0.4, 0.5) is 0 Å². The number of carbonyl (C=O) groups excluding carboxylic acids is 4. The summed E-state index contributed by atoms with van der Waals surface area (Å²) in [4.78, 5) is 73.7. The molecule has 2 heterocycles. The van der Waals surface area contributed by atoms with Crippen LogP contribution in [0.1, 0.15) is 80.8 Å². The van der Waals surface area contributed by atoms with Gasteiger partial charge in [0, 0.05) is 38.5 Å². The number of rotatable bonds is 18. The Balaban J connectivity index is 1.36. The normalized spacial score (nSPS) is 28.6. The first-order valence-electron chi connectivity index (χ1n) is 20.3. The molecular weight excluding hydrogens is 840 g/mol. The summed E-state index contributed by atoms with van der Waals surface area (Å²) in [6.07, 6.45) is -16.9. The number of esters is 2. The molecule has 2 aromatic carbocycles. The molecule has 1 aliphatic carbocycles. The quantitative estimate of drug-likeness (QED) is 0.103. The van der Waals surface area contributed by atoms with Crippen LogP contribution in [0.2, 0.25) is 0 Å². The van der Waals surface area contributed by atoms with Crippen molar-refractivity contribution in [2.24, 2.45) is 5.92 Å². The molecule has 2 saturated heterocycles. The first-order valence-corrected chi connectivity index (χ1v) is 20.3. The van der Waals surface area contributed by atoms with Crippen molar-refractivity contribution in [1.29, 1.82) is 0 Å². The fraction of sp³-hybridized carbons (Fsp3) is 0.619. The Labute approximate surface area is 360 Å². The molecule has 2 aliphatic heterocycles. The van der Waals surface area contributed by atoms with E-state index in [0.29, 0.717) is 0 Å². The van der Waals surface area contributed by atoms with Crippen LogP contribution in [0.3, 0.4) is 0 Å². The van der Waals surface area contributed by atoms with E-state index < -0.39 is 152 Å². The number of carbonyl (C=O) groups is 6. The van der Waals surface area contributed by atoms with Gasteiger partial charge in [0.15, 0.2) is 24.0 Å². The SMILES string of the molecule is CO[C@@H]1C(=O)c2c(cc3cc(O[C@H]4CC(O[C@H]5CC(OC(=O)CCC(=O)O)[C@H](O)C(C)O5)[C@H](O)C(C)O4)c(C)c(O)c3c2O)C[C@H]1[C@H](OC)C(=O)[C@@H](O)[C@@H](C)OC(=O)CCC(=O)O. The number of ether oxygens (including phenoxy) is 8. The third-order valence-corrected chi connectivity index (χ3v) is 11.5. The predicted molar refractivity (Wildman–Crippen MR) is 211 cm³/mol. The standard InChI is InChI=1S/C42H54O21/c1-16-23(62-30-15-25(36(51)18(3)59-30)63-31-14-24(35(50)17(2)60-31)61-29(48)10-8-27(45)46)13-21-11-20-12-22(41(56-5)39(54)33(20)38(53)32(21)34(16)49)42(57-6)40(55)37(52)19(4)58-28(47)9-7-26(43)44/h11,13,17-19,22,24-25,30-31,35-37,41-42,49-53H,7-10,12,14-15H2,1-6H3,(H,43,44)(H,45,46)/t17?,18?,19-,22-,24?,25?,30+,31+,35-,36-,37+,41+,42+/m1/s1. The number of hydrogen-bond donors (Lipinski definition) is 7. The third kappa shape index (κ3) is 11.0. The summed E-state index contributed by atoms with van der Waals surface area (Å²) in [5.41, 5.74) is 0.191. The molecule has 0 bridgehead atoms. The average Bonchev–Trinajstić information content (AvgIpc) is 3.21. The topological polar surface area (TPSA) is 318 Å². The molecule has 0 aromatic heterocycles. The minimum atomic E-state index is -1.94. The van der Waals surface area contributed by atoms with Gasteiger partial charge >= 0.3 is 23.9 Å². The second-order valence-corrected chi connectivity index (χ2v) is 15.9. The predicted octanol–water partition coefficient (Wildman–Crippen LogP) is 1.20. The lowest BCUT2D eigenvalue weighted by atomic mass is 9.75. The number of ketones is 2. The zero-order chi connectivity index (χ0) is 46.6. The number of aromatic hydroxyl groups is 2. The van der Waals surface area contributed by atoms with E-state index in [1.807, 2.05) is 0 Å². The molecule has 0 spiro atoms. The fourth-order valence-electron chi connectivity index (χ4n) is 8.11. The molecule has 5 rings (SSSR count). The molecule has 2 aromatic rings. The number of hydrogen-bond acceptors (Lipinski definition) is 19. The number of aliphatic hydroxyl groups excluding tert-OH is 3. The van der Waals surface area contributed by atoms with Gasteiger partial charge < -0.3 is 73.6 Å². The minimum Gasteiger partial charge on any atom is -0.507 e. The fourth-order valence-corrected chi connectivity index (χ4v) is 8.11. The van der Waals surface area contributed by atoms with Gasteiger partial charge in [0.2, 0.25) is 6.29 Å². The Morgan fingerprint density at radius 3 is 2.03 bits per heavy atom. The maximum absolute atomic E-state index is 14.0. The Hall–Kier alpha value is -5.00. The Morgan fingerprint density at radius 2 is 1.43 bits per heavy atom. The number of benzene rings is 2. The summed E-state index contributed by atoms with van der Waals surface area (Å²) in [6, 6.07) is 3.00. The first-order chi connectivity index (χ1) is 29.7. The molecular formula is C42H54O21. The van der Waals surface area contributed by atoms with Gasteiger partial charge in [-0.15, -0.1) is 0 Å². The molecule has 3 aliphatic rings. The Bertz CT molecular complexity index is 2050. The molecule has 63 heavy (non-hydrogen) atoms. The Morgan fingerprint density at radius 1 is 0.841 bits per heavy atom. The smallest absolute Gasteiger partial charge is 0.306 e. The van der Waals surface area contributed by atoms with Gasteiger partial charge in [-0.3, -0.25) is 28.8 Å². The van der Waals surface area contributed by atoms with Gasteiger partial charge in [-0.05, 0) is 57.2 Å². The molecule has 0 saturated carbocycles. The van der Waals surface area contributed by atoms with E-state index >= 15 is 0 Å². The van der Waals surface area contributed by atoms with Crippen LogP contribution in [0.5, 0.6) is 17.2 Å². The second-order valence-electron chi connectivity index (χ2n) is 15.9. The number of aliphatic carboxylic acids is 2. The van der Waals surface area contributed by atoms with Crippen LogP contribution < -0.4 is 4.74 Å². The number of methoxy groups -OCH3 is 2. The van der Waals surface area contributed by atoms with Crippen molar-refractivity contribution in [2.75, 3.05) is 14.2 Å². The summed E-state index contributed by atoms with van der Waals surface area (Å²) >= 11 is 0. The highest BCUT2D eigenvalue weighted by Crippen LogP contribution is 2.47. The zero-order valence-electron chi connectivity index (χ0n) is 35.5. The van der Waals surface area contributed by atoms with Crippen molar-refractivity contribution in [1.82, 2.24) is 0 Å². The highest BCUT2D eigenvalue weighted by Gasteiger charge is 2.47. The van der Waals surface area contributed by atoms with Gasteiger partial charge in [-0.2, -0.15) is 0 Å². The molecule has 0 radical (unpaired) electrons.